The number of benzene rings is 1. The Morgan fingerprint density at radius 2 is 2.23 bits per heavy atom. The first-order chi connectivity index (χ1) is 12.4. The van der Waals surface area contributed by atoms with Crippen molar-refractivity contribution in [1.82, 2.24) is 4.98 Å². The number of amides is 1. The Morgan fingerprint density at radius 1 is 1.42 bits per heavy atom. The Labute approximate surface area is 157 Å². The number of hydrogen-bond donors (Lipinski definition) is 0. The van der Waals surface area contributed by atoms with Crippen LogP contribution in [-0.4, -0.2) is 36.0 Å². The van der Waals surface area contributed by atoms with Crippen LogP contribution in [0.2, 0.25) is 0 Å². The second-order valence-corrected chi connectivity index (χ2v) is 6.97. The van der Waals surface area contributed by atoms with Crippen LogP contribution in [0, 0.1) is 0 Å². The molecule has 1 aromatic heterocycles. The fraction of sp³-hybridized carbons (Fsp3) is 0.412. The van der Waals surface area contributed by atoms with E-state index in [1.54, 1.807) is 11.4 Å². The van der Waals surface area contributed by atoms with Gasteiger partial charge in [-0.05, 0) is 25.0 Å². The topological polar surface area (TPSA) is 42.4 Å². The Balaban J connectivity index is 1.85. The molecule has 1 atom stereocenters. The molecule has 1 saturated heterocycles. The van der Waals surface area contributed by atoms with Crippen LogP contribution in [0.15, 0.2) is 29.6 Å². The summed E-state index contributed by atoms with van der Waals surface area (Å²) in [7, 11) is 0. The van der Waals surface area contributed by atoms with Gasteiger partial charge < -0.3 is 4.74 Å². The Morgan fingerprint density at radius 3 is 2.88 bits per heavy atom. The van der Waals surface area contributed by atoms with Gasteiger partial charge in [0.25, 0.3) is 0 Å². The summed E-state index contributed by atoms with van der Waals surface area (Å²) in [5, 5.41) is 2.04. The van der Waals surface area contributed by atoms with Crippen molar-refractivity contribution in [3.8, 4) is 11.3 Å². The third-order valence-corrected chi connectivity index (χ3v) is 5.13. The van der Waals surface area contributed by atoms with Gasteiger partial charge in [0.2, 0.25) is 5.91 Å². The molecule has 3 rings (SSSR count). The van der Waals surface area contributed by atoms with E-state index in [1.807, 2.05) is 0 Å². The number of halogens is 4. The molecule has 1 aromatic carbocycles. The summed E-state index contributed by atoms with van der Waals surface area (Å²) in [5.74, 6) is -0.516. The number of nitrogens with zero attached hydrogens (tertiary/aromatic N) is 2. The van der Waals surface area contributed by atoms with Crippen molar-refractivity contribution in [2.24, 2.45) is 0 Å². The van der Waals surface area contributed by atoms with E-state index in [0.717, 1.165) is 25.0 Å². The summed E-state index contributed by atoms with van der Waals surface area (Å²) in [6, 6.07) is 4.96. The van der Waals surface area contributed by atoms with Gasteiger partial charge in [-0.1, -0.05) is 12.1 Å². The number of rotatable bonds is 5. The number of ether oxygens (including phenoxy) is 1. The Hall–Kier alpha value is -1.64. The van der Waals surface area contributed by atoms with Crippen molar-refractivity contribution in [1.29, 1.82) is 0 Å². The quantitative estimate of drug-likeness (QED) is 0.685. The third kappa shape index (κ3) is 4.36. The van der Waals surface area contributed by atoms with Gasteiger partial charge in [-0.25, -0.2) is 4.98 Å². The average molecular weight is 405 g/mol. The lowest BCUT2D eigenvalue weighted by Gasteiger charge is -2.22. The molecular weight excluding hydrogens is 389 g/mol. The predicted molar refractivity (Wildman–Crippen MR) is 94.6 cm³/mol. The number of anilines is 1. The molecule has 0 aliphatic carbocycles. The van der Waals surface area contributed by atoms with Crippen molar-refractivity contribution in [3.63, 3.8) is 0 Å². The molecule has 0 saturated carbocycles. The highest BCUT2D eigenvalue weighted by atomic mass is 35.5. The van der Waals surface area contributed by atoms with E-state index in [0.29, 0.717) is 29.5 Å². The summed E-state index contributed by atoms with van der Waals surface area (Å²) >= 11 is 6.89. The zero-order valence-electron chi connectivity index (χ0n) is 13.6. The molecule has 9 heteroatoms. The van der Waals surface area contributed by atoms with Crippen LogP contribution in [0.25, 0.3) is 11.3 Å². The maximum atomic E-state index is 12.9. The maximum Gasteiger partial charge on any atom is 0.416 e. The number of alkyl halides is 4. The Bertz CT molecular complexity index is 775. The van der Waals surface area contributed by atoms with Gasteiger partial charge in [-0.2, -0.15) is 13.2 Å². The minimum atomic E-state index is -4.42. The van der Waals surface area contributed by atoms with Crippen molar-refractivity contribution in [2.45, 2.75) is 25.1 Å². The maximum absolute atomic E-state index is 12.9. The van der Waals surface area contributed by atoms with Crippen molar-refractivity contribution >= 4 is 34.0 Å². The van der Waals surface area contributed by atoms with Crippen LogP contribution in [0.3, 0.4) is 0 Å². The highest BCUT2D eigenvalue weighted by Crippen LogP contribution is 2.34. The Kier molecular flexibility index (Phi) is 5.84. The molecule has 0 spiro atoms. The molecule has 0 radical (unpaired) electrons. The van der Waals surface area contributed by atoms with E-state index in [4.69, 9.17) is 16.3 Å². The number of carbonyl (C=O) groups is 1. The third-order valence-electron chi connectivity index (χ3n) is 4.03. The van der Waals surface area contributed by atoms with E-state index in [2.05, 4.69) is 4.98 Å². The SMILES string of the molecule is O=C(CCl)N(C[C@@H]1CCCO1)c1nc(-c2cccc(C(F)(F)F)c2)cs1. The molecule has 1 amide bonds. The predicted octanol–water partition coefficient (Wildman–Crippen LogP) is 4.58. The van der Waals surface area contributed by atoms with Gasteiger partial charge in [0.05, 0.1) is 23.9 Å². The number of aromatic nitrogens is 1. The van der Waals surface area contributed by atoms with Gasteiger partial charge in [0, 0.05) is 17.6 Å². The minimum Gasteiger partial charge on any atom is -0.376 e. The second-order valence-electron chi connectivity index (χ2n) is 5.87. The second kappa shape index (κ2) is 7.94. The average Bonchev–Trinajstić information content (AvgIpc) is 3.30. The summed E-state index contributed by atoms with van der Waals surface area (Å²) < 4.78 is 44.2. The van der Waals surface area contributed by atoms with Crippen molar-refractivity contribution in [2.75, 3.05) is 23.9 Å². The monoisotopic (exact) mass is 404 g/mol. The van der Waals surface area contributed by atoms with Gasteiger partial charge in [-0.3, -0.25) is 9.69 Å². The standard InChI is InChI=1S/C17H16ClF3N2O2S/c18-8-15(24)23(9-13-5-2-6-25-13)16-22-14(10-26-16)11-3-1-4-12(7-11)17(19,20)21/h1,3-4,7,10,13H,2,5-6,8-9H2/t13-/m0/s1. The van der Waals surface area contributed by atoms with Crippen LogP contribution >= 0.6 is 22.9 Å². The lowest BCUT2D eigenvalue weighted by molar-refractivity contribution is -0.137. The normalized spacial score (nSPS) is 17.5. The molecule has 1 fully saturated rings. The fourth-order valence-corrected chi connectivity index (χ4v) is 3.73. The van der Waals surface area contributed by atoms with Crippen LogP contribution in [0.5, 0.6) is 0 Å². The molecule has 0 N–H and O–H groups in total. The highest BCUT2D eigenvalue weighted by molar-refractivity contribution is 7.14. The number of hydrogen-bond acceptors (Lipinski definition) is 4. The number of carbonyl (C=O) groups excluding carboxylic acids is 1. The number of thiazole rings is 1. The van der Waals surface area contributed by atoms with Crippen LogP contribution in [0.4, 0.5) is 18.3 Å². The van der Waals surface area contributed by atoms with E-state index < -0.39 is 11.7 Å². The van der Waals surface area contributed by atoms with Crippen LogP contribution in [0.1, 0.15) is 18.4 Å². The van der Waals surface area contributed by atoms with Crippen LogP contribution < -0.4 is 4.90 Å². The first kappa shape index (κ1) is 19.1. The molecule has 0 unspecified atom stereocenters. The van der Waals surface area contributed by atoms with Gasteiger partial charge in [-0.15, -0.1) is 22.9 Å². The fourth-order valence-electron chi connectivity index (χ4n) is 2.73. The van der Waals surface area contributed by atoms with Gasteiger partial charge >= 0.3 is 6.18 Å². The summed E-state index contributed by atoms with van der Waals surface area (Å²) in [6.07, 6.45) is -2.73. The molecular formula is C17H16ClF3N2O2S. The first-order valence-corrected chi connectivity index (χ1v) is 9.41. The van der Waals surface area contributed by atoms with Gasteiger partial charge in [0.15, 0.2) is 5.13 Å². The lowest BCUT2D eigenvalue weighted by atomic mass is 10.1. The van der Waals surface area contributed by atoms with Crippen molar-refractivity contribution in [3.05, 3.63) is 35.2 Å². The molecule has 2 heterocycles. The largest absolute Gasteiger partial charge is 0.416 e. The van der Waals surface area contributed by atoms with Crippen molar-refractivity contribution < 1.29 is 22.7 Å². The summed E-state index contributed by atoms with van der Waals surface area (Å²) in [6.45, 7) is 0.988. The zero-order chi connectivity index (χ0) is 18.7. The van der Waals surface area contributed by atoms with E-state index in [1.165, 1.54) is 22.3 Å². The molecule has 1 aliphatic rings. The molecule has 0 bridgehead atoms. The van der Waals surface area contributed by atoms with Gasteiger partial charge in [0.1, 0.15) is 5.88 Å². The molecule has 4 nitrogen and oxygen atoms in total. The minimum absolute atomic E-state index is 0.0805. The van der Waals surface area contributed by atoms with E-state index in [-0.39, 0.29) is 17.9 Å². The molecule has 26 heavy (non-hydrogen) atoms. The lowest BCUT2D eigenvalue weighted by Crippen LogP contribution is -2.38. The summed E-state index contributed by atoms with van der Waals surface area (Å²) in [5.41, 5.74) is -0.00822. The van der Waals surface area contributed by atoms with E-state index >= 15 is 0 Å². The first-order valence-electron chi connectivity index (χ1n) is 7.99. The zero-order valence-corrected chi connectivity index (χ0v) is 15.2. The van der Waals surface area contributed by atoms with Crippen LogP contribution in [-0.2, 0) is 15.7 Å². The molecule has 1 aliphatic heterocycles. The highest BCUT2D eigenvalue weighted by Gasteiger charge is 2.31. The molecule has 140 valence electrons. The summed E-state index contributed by atoms with van der Waals surface area (Å²) in [4.78, 5) is 18.0. The van der Waals surface area contributed by atoms with E-state index in [9.17, 15) is 18.0 Å². The smallest absolute Gasteiger partial charge is 0.376 e. The molecule has 2 aromatic rings.